The highest BCUT2D eigenvalue weighted by Crippen LogP contribution is 2.29. The number of benzene rings is 2. The Kier molecular flexibility index (Phi) is 5.41. The first kappa shape index (κ1) is 16.3. The van der Waals surface area contributed by atoms with E-state index in [1.54, 1.807) is 42.5 Å². The van der Waals surface area contributed by atoms with Crippen LogP contribution in [0.15, 0.2) is 48.5 Å². The van der Waals surface area contributed by atoms with Gasteiger partial charge in [0.1, 0.15) is 6.54 Å². The summed E-state index contributed by atoms with van der Waals surface area (Å²) in [5.41, 5.74) is 1.07. The monoisotopic (exact) mass is 336 g/mol. The zero-order chi connectivity index (χ0) is 16.1. The molecule has 22 heavy (non-hydrogen) atoms. The largest absolute Gasteiger partial charge is 0.323 e. The van der Waals surface area contributed by atoms with E-state index in [4.69, 9.17) is 23.2 Å². The average molecular weight is 337 g/mol. The fourth-order valence-electron chi connectivity index (χ4n) is 1.93. The molecule has 0 heterocycles. The fourth-order valence-corrected chi connectivity index (χ4v) is 2.27. The average Bonchev–Trinajstić information content (AvgIpc) is 2.50. The number of anilines is 2. The fraction of sp³-hybridized carbons (Fsp3) is 0.125. The number of carbonyl (C=O) groups is 2. The van der Waals surface area contributed by atoms with Gasteiger partial charge in [-0.1, -0.05) is 47.5 Å². The molecule has 2 aromatic rings. The predicted molar refractivity (Wildman–Crippen MR) is 89.6 cm³/mol. The maximum Gasteiger partial charge on any atom is 0.244 e. The summed E-state index contributed by atoms with van der Waals surface area (Å²) >= 11 is 11.9. The molecule has 0 aromatic heterocycles. The Morgan fingerprint density at radius 3 is 2.36 bits per heavy atom. The highest BCUT2D eigenvalue weighted by molar-refractivity contribution is 6.44. The van der Waals surface area contributed by atoms with E-state index < -0.39 is 0 Å². The van der Waals surface area contributed by atoms with Gasteiger partial charge in [-0.05, 0) is 24.3 Å². The van der Waals surface area contributed by atoms with Crippen molar-refractivity contribution in [1.82, 2.24) is 0 Å². The van der Waals surface area contributed by atoms with E-state index in [-0.39, 0.29) is 23.4 Å². The van der Waals surface area contributed by atoms with Gasteiger partial charge in [-0.25, -0.2) is 0 Å². The molecule has 2 aromatic carbocycles. The second kappa shape index (κ2) is 7.29. The molecule has 6 heteroatoms. The third-order valence-electron chi connectivity index (χ3n) is 2.98. The van der Waals surface area contributed by atoms with Crippen molar-refractivity contribution in [2.45, 2.75) is 6.92 Å². The number of carbonyl (C=O) groups excluding carboxylic acids is 2. The summed E-state index contributed by atoms with van der Waals surface area (Å²) in [5.74, 6) is -0.582. The minimum atomic E-state index is -0.358. The van der Waals surface area contributed by atoms with Gasteiger partial charge in [0, 0.05) is 12.6 Å². The molecule has 0 saturated carbocycles. The lowest BCUT2D eigenvalue weighted by molar-refractivity contribution is -0.120. The van der Waals surface area contributed by atoms with E-state index in [1.807, 2.05) is 6.07 Å². The van der Waals surface area contributed by atoms with Gasteiger partial charge >= 0.3 is 0 Å². The van der Waals surface area contributed by atoms with Gasteiger partial charge in [-0.3, -0.25) is 9.59 Å². The predicted octanol–water partition coefficient (Wildman–Crippen LogP) is 3.99. The smallest absolute Gasteiger partial charge is 0.244 e. The Morgan fingerprint density at radius 2 is 1.73 bits per heavy atom. The molecular formula is C16H14Cl2N2O2. The van der Waals surface area contributed by atoms with Gasteiger partial charge in [0.15, 0.2) is 0 Å². The zero-order valence-corrected chi connectivity index (χ0v) is 13.4. The minimum absolute atomic E-state index is 0.109. The molecule has 114 valence electrons. The number of nitrogens with zero attached hydrogens (tertiary/aromatic N) is 1. The summed E-state index contributed by atoms with van der Waals surface area (Å²) in [6.07, 6.45) is 0. The highest BCUT2D eigenvalue weighted by atomic mass is 35.5. The zero-order valence-electron chi connectivity index (χ0n) is 11.8. The number of rotatable bonds is 4. The first-order valence-corrected chi connectivity index (χ1v) is 7.31. The van der Waals surface area contributed by atoms with Crippen LogP contribution in [0.25, 0.3) is 0 Å². The SMILES string of the molecule is CC(=O)N(CC(=O)Nc1cccc(Cl)c1Cl)c1ccccc1. The first-order chi connectivity index (χ1) is 10.5. The summed E-state index contributed by atoms with van der Waals surface area (Å²) in [4.78, 5) is 25.3. The molecule has 1 N–H and O–H groups in total. The van der Waals surface area contributed by atoms with Crippen molar-refractivity contribution in [2.24, 2.45) is 0 Å². The molecule has 0 radical (unpaired) electrons. The summed E-state index contributed by atoms with van der Waals surface area (Å²) in [5, 5.41) is 3.28. The lowest BCUT2D eigenvalue weighted by Crippen LogP contribution is -2.36. The molecule has 4 nitrogen and oxygen atoms in total. The van der Waals surface area contributed by atoms with Gasteiger partial charge in [0.2, 0.25) is 11.8 Å². The summed E-state index contributed by atoms with van der Waals surface area (Å²) in [6, 6.07) is 13.9. The van der Waals surface area contributed by atoms with Crippen LogP contribution in [-0.4, -0.2) is 18.4 Å². The van der Waals surface area contributed by atoms with E-state index in [2.05, 4.69) is 5.32 Å². The molecule has 2 rings (SSSR count). The highest BCUT2D eigenvalue weighted by Gasteiger charge is 2.16. The standard InChI is InChI=1S/C16H14Cl2N2O2/c1-11(21)20(12-6-3-2-4-7-12)10-15(22)19-14-9-5-8-13(17)16(14)18/h2-9H,10H2,1H3,(H,19,22). The number of halogens is 2. The Hall–Kier alpha value is -2.04. The molecule has 2 amide bonds. The summed E-state index contributed by atoms with van der Waals surface area (Å²) in [6.45, 7) is 1.30. The maximum absolute atomic E-state index is 12.2. The summed E-state index contributed by atoms with van der Waals surface area (Å²) < 4.78 is 0. The molecule has 0 spiro atoms. The Balaban J connectivity index is 2.12. The number of hydrogen-bond donors (Lipinski definition) is 1. The lowest BCUT2D eigenvalue weighted by atomic mass is 10.2. The number of para-hydroxylation sites is 1. The number of hydrogen-bond acceptors (Lipinski definition) is 2. The van der Waals surface area contributed by atoms with E-state index in [1.165, 1.54) is 11.8 Å². The van der Waals surface area contributed by atoms with Crippen LogP contribution in [-0.2, 0) is 9.59 Å². The molecule has 0 bridgehead atoms. The van der Waals surface area contributed by atoms with Crippen molar-refractivity contribution >= 4 is 46.4 Å². The van der Waals surface area contributed by atoms with Crippen LogP contribution >= 0.6 is 23.2 Å². The molecule has 0 fully saturated rings. The van der Waals surface area contributed by atoms with Crippen molar-refractivity contribution in [1.29, 1.82) is 0 Å². The Bertz CT molecular complexity index is 690. The van der Waals surface area contributed by atoms with Gasteiger partial charge in [-0.15, -0.1) is 0 Å². The molecule has 0 unspecified atom stereocenters. The van der Waals surface area contributed by atoms with Crippen molar-refractivity contribution in [2.75, 3.05) is 16.8 Å². The van der Waals surface area contributed by atoms with Gasteiger partial charge in [-0.2, -0.15) is 0 Å². The van der Waals surface area contributed by atoms with Crippen LogP contribution in [0.4, 0.5) is 11.4 Å². The van der Waals surface area contributed by atoms with Gasteiger partial charge in [0.05, 0.1) is 15.7 Å². The molecular weight excluding hydrogens is 323 g/mol. The van der Waals surface area contributed by atoms with Crippen LogP contribution in [0.3, 0.4) is 0 Å². The van der Waals surface area contributed by atoms with E-state index >= 15 is 0 Å². The first-order valence-electron chi connectivity index (χ1n) is 6.56. The lowest BCUT2D eigenvalue weighted by Gasteiger charge is -2.20. The molecule has 0 saturated heterocycles. The van der Waals surface area contributed by atoms with Crippen molar-refractivity contribution in [3.05, 3.63) is 58.6 Å². The topological polar surface area (TPSA) is 49.4 Å². The Labute approximate surface area is 138 Å². The quantitative estimate of drug-likeness (QED) is 0.917. The van der Waals surface area contributed by atoms with Crippen molar-refractivity contribution in [3.63, 3.8) is 0 Å². The van der Waals surface area contributed by atoms with E-state index in [9.17, 15) is 9.59 Å². The second-order valence-corrected chi connectivity index (χ2v) is 5.38. The van der Waals surface area contributed by atoms with Crippen LogP contribution in [0.1, 0.15) is 6.92 Å². The molecule has 0 atom stereocenters. The normalized spacial score (nSPS) is 10.1. The number of nitrogens with one attached hydrogen (secondary N) is 1. The third-order valence-corrected chi connectivity index (χ3v) is 3.79. The van der Waals surface area contributed by atoms with Gasteiger partial charge in [0.25, 0.3) is 0 Å². The number of amides is 2. The second-order valence-electron chi connectivity index (χ2n) is 4.59. The Morgan fingerprint density at radius 1 is 1.05 bits per heavy atom. The van der Waals surface area contributed by atoms with Gasteiger partial charge < -0.3 is 10.2 Å². The van der Waals surface area contributed by atoms with Crippen LogP contribution < -0.4 is 10.2 Å². The summed E-state index contributed by atoms with van der Waals surface area (Å²) in [7, 11) is 0. The molecule has 0 aliphatic heterocycles. The van der Waals surface area contributed by atoms with Crippen molar-refractivity contribution in [3.8, 4) is 0 Å². The van der Waals surface area contributed by atoms with Crippen molar-refractivity contribution < 1.29 is 9.59 Å². The third kappa shape index (κ3) is 4.00. The maximum atomic E-state index is 12.2. The van der Waals surface area contributed by atoms with Crippen LogP contribution in [0.5, 0.6) is 0 Å². The minimum Gasteiger partial charge on any atom is -0.323 e. The molecule has 0 aliphatic carbocycles. The van der Waals surface area contributed by atoms with Crippen LogP contribution in [0, 0.1) is 0 Å². The molecule has 0 aliphatic rings. The van der Waals surface area contributed by atoms with E-state index in [0.29, 0.717) is 16.4 Å². The van der Waals surface area contributed by atoms with Crippen LogP contribution in [0.2, 0.25) is 10.0 Å². The van der Waals surface area contributed by atoms with E-state index in [0.717, 1.165) is 0 Å².